The van der Waals surface area contributed by atoms with Crippen LogP contribution in [-0.4, -0.2) is 0 Å². The van der Waals surface area contributed by atoms with Crippen molar-refractivity contribution in [1.29, 1.82) is 0 Å². The molecule has 168 valence electrons. The van der Waals surface area contributed by atoms with Gasteiger partial charge >= 0.3 is 0 Å². The summed E-state index contributed by atoms with van der Waals surface area (Å²) in [4.78, 5) is 0. The zero-order chi connectivity index (χ0) is 23.9. The monoisotopic (exact) mass is 1110 g/mol. The van der Waals surface area contributed by atoms with E-state index in [-0.39, 0.29) is 11.6 Å². The fraction of sp³-hybridized carbons (Fsp3) is 0.0400. The lowest BCUT2D eigenvalue weighted by molar-refractivity contribution is 0.626. The highest BCUT2D eigenvalue weighted by Crippen LogP contribution is 2.36. The minimum absolute atomic E-state index is 0.216. The molecule has 33 heavy (non-hydrogen) atoms. The Morgan fingerprint density at radius 2 is 0.788 bits per heavy atom. The van der Waals surface area contributed by atoms with Gasteiger partial charge in [-0.05, 0) is 217 Å². The molecule has 0 aliphatic carbocycles. The lowest BCUT2D eigenvalue weighted by Gasteiger charge is -2.16. The number of hydrogen-bond acceptors (Lipinski definition) is 0. The first kappa shape index (κ1) is 27.2. The summed E-state index contributed by atoms with van der Waals surface area (Å²) in [5.74, 6) is -0.431. The van der Waals surface area contributed by atoms with Crippen LogP contribution >= 0.6 is 136 Å². The number of hydrogen-bond donors (Lipinski definition) is 0. The third-order valence-corrected chi connectivity index (χ3v) is 10.8. The Morgan fingerprint density at radius 1 is 0.455 bits per heavy atom. The Labute approximate surface area is 273 Å². The van der Waals surface area contributed by atoms with Gasteiger partial charge in [-0.15, -0.1) is 0 Å². The maximum Gasteiger partial charge on any atom is 0.124 e. The quantitative estimate of drug-likeness (QED) is 0.179. The average Bonchev–Trinajstić information content (AvgIpc) is 2.72. The van der Waals surface area contributed by atoms with Gasteiger partial charge in [0.15, 0.2) is 0 Å². The minimum Gasteiger partial charge on any atom is -0.207 e. The predicted octanol–water partition coefficient (Wildman–Crippen LogP) is 10.5. The zero-order valence-corrected chi connectivity index (χ0v) is 29.4. The summed E-state index contributed by atoms with van der Waals surface area (Å²) in [6, 6.07) is 18.6. The minimum atomic E-state index is -0.216. The Kier molecular flexibility index (Phi) is 9.60. The van der Waals surface area contributed by atoms with Gasteiger partial charge in [-0.3, -0.25) is 0 Å². The van der Waals surface area contributed by atoms with E-state index in [1.807, 2.05) is 12.1 Å². The number of halogens is 8. The summed E-state index contributed by atoms with van der Waals surface area (Å²) in [6.07, 6.45) is 0.828. The van der Waals surface area contributed by atoms with Crippen molar-refractivity contribution >= 4 is 136 Å². The first-order chi connectivity index (χ1) is 15.6. The Balaban J connectivity index is 1.70. The van der Waals surface area contributed by atoms with Crippen LogP contribution in [0.5, 0.6) is 0 Å². The van der Waals surface area contributed by atoms with E-state index < -0.39 is 0 Å². The Morgan fingerprint density at radius 3 is 1.09 bits per heavy atom. The summed E-state index contributed by atoms with van der Waals surface area (Å²) < 4.78 is 33.7. The van der Waals surface area contributed by atoms with Crippen molar-refractivity contribution in [2.24, 2.45) is 0 Å². The molecular weight excluding hydrogens is 1100 g/mol. The van der Waals surface area contributed by atoms with E-state index >= 15 is 0 Å². The summed E-state index contributed by atoms with van der Waals surface area (Å²) in [7, 11) is 0. The van der Waals surface area contributed by atoms with Gasteiger partial charge in [-0.25, -0.2) is 8.78 Å². The van der Waals surface area contributed by atoms with E-state index in [4.69, 9.17) is 0 Å². The van der Waals surface area contributed by atoms with Gasteiger partial charge in [0.2, 0.25) is 0 Å². The molecule has 0 aliphatic heterocycles. The second-order valence-electron chi connectivity index (χ2n) is 7.26. The van der Waals surface area contributed by atoms with Gasteiger partial charge in [-0.2, -0.15) is 0 Å². The van der Waals surface area contributed by atoms with Crippen molar-refractivity contribution in [3.63, 3.8) is 0 Å². The lowest BCUT2D eigenvalue weighted by Crippen LogP contribution is -2.02. The molecule has 0 aliphatic rings. The topological polar surface area (TPSA) is 0 Å². The molecular formula is C25H12F2I6. The number of benzene rings is 4. The zero-order valence-electron chi connectivity index (χ0n) is 16.5. The molecule has 0 aromatic heterocycles. The smallest absolute Gasteiger partial charge is 0.124 e. The third-order valence-electron chi connectivity index (χ3n) is 5.12. The van der Waals surface area contributed by atoms with Crippen molar-refractivity contribution in [2.45, 2.75) is 6.42 Å². The van der Waals surface area contributed by atoms with Crippen LogP contribution in [0.15, 0.2) is 60.7 Å². The molecule has 0 fully saturated rings. The highest BCUT2D eigenvalue weighted by Gasteiger charge is 2.16. The fourth-order valence-electron chi connectivity index (χ4n) is 3.48. The molecule has 8 heteroatoms. The van der Waals surface area contributed by atoms with E-state index in [1.54, 1.807) is 12.1 Å². The molecule has 0 N–H and O–H groups in total. The normalized spacial score (nSPS) is 11.2. The highest BCUT2D eigenvalue weighted by atomic mass is 127. The average molecular weight is 1110 g/mol. The van der Waals surface area contributed by atoms with Gasteiger partial charge in [0.25, 0.3) is 0 Å². The van der Waals surface area contributed by atoms with Crippen LogP contribution in [0.3, 0.4) is 0 Å². The van der Waals surface area contributed by atoms with Gasteiger partial charge in [0, 0.05) is 27.8 Å². The molecule has 0 unspecified atom stereocenters. The highest BCUT2D eigenvalue weighted by molar-refractivity contribution is 14.1. The first-order valence-electron chi connectivity index (χ1n) is 9.50. The first-order valence-corrected chi connectivity index (χ1v) is 16.0. The standard InChI is InChI=1S/C25H12F2I6/c26-14-1-3-16(24(32)9-14)12-5-20(28)18(21(29)6-12)11-19-22(30)7-13(8-23(19)31)17-4-2-15(27)10-25(17)33/h1-10H,11H2. The van der Waals surface area contributed by atoms with Gasteiger partial charge < -0.3 is 0 Å². The molecule has 0 amide bonds. The maximum absolute atomic E-state index is 13.6. The molecule has 4 aromatic rings. The molecule has 0 saturated carbocycles. The van der Waals surface area contributed by atoms with Crippen molar-refractivity contribution in [2.75, 3.05) is 0 Å². The lowest BCUT2D eigenvalue weighted by atomic mass is 9.98. The van der Waals surface area contributed by atoms with Crippen LogP contribution in [0, 0.1) is 33.1 Å². The molecule has 0 heterocycles. The number of rotatable bonds is 4. The molecule has 0 nitrogen and oxygen atoms in total. The predicted molar refractivity (Wildman–Crippen MR) is 183 cm³/mol. The summed E-state index contributed by atoms with van der Waals surface area (Å²) in [6.45, 7) is 0. The second kappa shape index (κ2) is 11.7. The van der Waals surface area contributed by atoms with E-state index in [0.29, 0.717) is 0 Å². The molecule has 0 radical (unpaired) electrons. The Hall–Kier alpha value is 1.12. The molecule has 0 bridgehead atoms. The van der Waals surface area contributed by atoms with Crippen LogP contribution < -0.4 is 0 Å². The molecule has 4 aromatic carbocycles. The van der Waals surface area contributed by atoms with Crippen molar-refractivity contribution < 1.29 is 8.78 Å². The van der Waals surface area contributed by atoms with Crippen LogP contribution in [0.1, 0.15) is 11.1 Å². The van der Waals surface area contributed by atoms with Gasteiger partial charge in [0.05, 0.1) is 0 Å². The summed E-state index contributed by atoms with van der Waals surface area (Å²) in [5, 5.41) is 0. The van der Waals surface area contributed by atoms with E-state index in [1.165, 1.54) is 37.5 Å². The van der Waals surface area contributed by atoms with Crippen molar-refractivity contribution in [3.05, 3.63) is 105 Å². The van der Waals surface area contributed by atoms with E-state index in [2.05, 4.69) is 160 Å². The SMILES string of the molecule is Fc1ccc(-c2cc(I)c(Cc3c(I)cc(-c4ccc(F)cc4I)cc3I)c(I)c2)c(I)c1. The molecule has 0 saturated heterocycles. The van der Waals surface area contributed by atoms with Crippen molar-refractivity contribution in [1.82, 2.24) is 0 Å². The third kappa shape index (κ3) is 6.34. The van der Waals surface area contributed by atoms with Crippen LogP contribution in [0.25, 0.3) is 22.3 Å². The fourth-order valence-corrected chi connectivity index (χ4v) is 9.36. The van der Waals surface area contributed by atoms with Crippen molar-refractivity contribution in [3.8, 4) is 22.3 Å². The van der Waals surface area contributed by atoms with E-state index in [9.17, 15) is 8.78 Å². The second-order valence-corrected chi connectivity index (χ2v) is 14.2. The summed E-state index contributed by atoms with van der Waals surface area (Å²) >= 11 is 14.0. The summed E-state index contributed by atoms with van der Waals surface area (Å²) in [5.41, 5.74) is 6.86. The van der Waals surface area contributed by atoms with Crippen LogP contribution in [0.2, 0.25) is 0 Å². The maximum atomic E-state index is 13.6. The largest absolute Gasteiger partial charge is 0.207 e. The molecule has 0 atom stereocenters. The molecule has 0 spiro atoms. The van der Waals surface area contributed by atoms with Gasteiger partial charge in [0.1, 0.15) is 11.6 Å². The van der Waals surface area contributed by atoms with E-state index in [0.717, 1.165) is 35.8 Å². The van der Waals surface area contributed by atoms with Gasteiger partial charge in [-0.1, -0.05) is 12.1 Å². The Bertz CT molecular complexity index is 1230. The van der Waals surface area contributed by atoms with Crippen LogP contribution in [-0.2, 0) is 6.42 Å². The molecule has 4 rings (SSSR count). The van der Waals surface area contributed by atoms with Crippen LogP contribution in [0.4, 0.5) is 8.78 Å².